The van der Waals surface area contributed by atoms with Crippen LogP contribution in [0.5, 0.6) is 5.75 Å². The lowest BCUT2D eigenvalue weighted by Gasteiger charge is -2.32. The normalized spacial score (nSPS) is 20.4. The van der Waals surface area contributed by atoms with Gasteiger partial charge in [-0.1, -0.05) is 6.08 Å². The number of nitrogen functional groups attached to an aromatic ring is 1. The van der Waals surface area contributed by atoms with Crippen molar-refractivity contribution < 1.29 is 14.4 Å². The zero-order chi connectivity index (χ0) is 16.5. The van der Waals surface area contributed by atoms with Crippen molar-refractivity contribution >= 4 is 18.9 Å². The second kappa shape index (κ2) is 5.95. The monoisotopic (exact) mass is 304 g/mol. The van der Waals surface area contributed by atoms with Gasteiger partial charge in [-0.15, -0.1) is 0 Å². The Morgan fingerprint density at radius 3 is 2.36 bits per heavy atom. The number of hydrogen-bond donors (Lipinski definition) is 3. The van der Waals surface area contributed by atoms with Gasteiger partial charge in [-0.3, -0.25) is 0 Å². The van der Waals surface area contributed by atoms with Crippen molar-refractivity contribution in [3.8, 4) is 5.75 Å². The minimum absolute atomic E-state index is 0.153. The van der Waals surface area contributed by atoms with E-state index in [4.69, 9.17) is 15.0 Å². The first-order valence-electron chi connectivity index (χ1n) is 7.45. The quantitative estimate of drug-likeness (QED) is 0.587. The van der Waals surface area contributed by atoms with Crippen LogP contribution in [-0.2, 0) is 9.31 Å². The first-order chi connectivity index (χ1) is 10.2. The lowest BCUT2D eigenvalue weighted by Crippen LogP contribution is -2.41. The average molecular weight is 304 g/mol. The van der Waals surface area contributed by atoms with Crippen molar-refractivity contribution in [3.05, 3.63) is 29.2 Å². The third-order valence-electron chi connectivity index (χ3n) is 4.35. The Morgan fingerprint density at radius 1 is 1.27 bits per heavy atom. The molecule has 0 saturated carbocycles. The summed E-state index contributed by atoms with van der Waals surface area (Å²) in [5.41, 5.74) is 7.50. The van der Waals surface area contributed by atoms with Gasteiger partial charge in [0.25, 0.3) is 0 Å². The molecule has 0 unspecified atom stereocenters. The van der Waals surface area contributed by atoms with Crippen LogP contribution in [0.2, 0.25) is 0 Å². The van der Waals surface area contributed by atoms with Crippen molar-refractivity contribution in [1.82, 2.24) is 5.32 Å². The highest BCUT2D eigenvalue weighted by molar-refractivity contribution is 6.56. The Balaban J connectivity index is 2.33. The fourth-order valence-corrected chi connectivity index (χ4v) is 2.29. The molecule has 0 radical (unpaired) electrons. The van der Waals surface area contributed by atoms with E-state index >= 15 is 0 Å². The Kier molecular flexibility index (Phi) is 4.56. The molecule has 2 rings (SSSR count). The van der Waals surface area contributed by atoms with E-state index in [1.807, 2.05) is 40.8 Å². The molecule has 22 heavy (non-hydrogen) atoms. The number of hydrogen-bond acceptors (Lipinski definition) is 5. The SMILES string of the molecule is CNCC(=Cc1ccc(O)cc1N)B1OC(C)(C)C(C)(C)O1. The van der Waals surface area contributed by atoms with Gasteiger partial charge in [0, 0.05) is 18.3 Å². The predicted octanol–water partition coefficient (Wildman–Crippen LogP) is 2.21. The summed E-state index contributed by atoms with van der Waals surface area (Å²) in [4.78, 5) is 0. The van der Waals surface area contributed by atoms with Crippen molar-refractivity contribution in [2.75, 3.05) is 19.3 Å². The Morgan fingerprint density at radius 2 is 1.86 bits per heavy atom. The maximum absolute atomic E-state index is 9.46. The van der Waals surface area contributed by atoms with Crippen LogP contribution in [0.25, 0.3) is 6.08 Å². The molecule has 4 N–H and O–H groups in total. The van der Waals surface area contributed by atoms with Crippen LogP contribution >= 0.6 is 0 Å². The maximum atomic E-state index is 9.46. The number of likely N-dealkylation sites (N-methyl/N-ethyl adjacent to an activating group) is 1. The van der Waals surface area contributed by atoms with Gasteiger partial charge in [-0.2, -0.15) is 0 Å². The number of nitrogens with two attached hydrogens (primary N) is 1. The smallest absolute Gasteiger partial charge is 0.491 e. The molecule has 0 spiro atoms. The van der Waals surface area contributed by atoms with Crippen LogP contribution in [-0.4, -0.2) is 37.0 Å². The average Bonchev–Trinajstić information content (AvgIpc) is 2.61. The van der Waals surface area contributed by atoms with Crippen LogP contribution in [0, 0.1) is 0 Å². The minimum atomic E-state index is -0.425. The summed E-state index contributed by atoms with van der Waals surface area (Å²) < 4.78 is 12.2. The van der Waals surface area contributed by atoms with E-state index in [2.05, 4.69) is 5.32 Å². The number of nitrogens with one attached hydrogen (secondary N) is 1. The van der Waals surface area contributed by atoms with E-state index in [0.717, 1.165) is 11.0 Å². The molecule has 0 amide bonds. The molecule has 6 heteroatoms. The van der Waals surface area contributed by atoms with E-state index in [-0.39, 0.29) is 17.0 Å². The van der Waals surface area contributed by atoms with Crippen molar-refractivity contribution in [1.29, 1.82) is 0 Å². The van der Waals surface area contributed by atoms with Gasteiger partial charge in [0.05, 0.1) is 11.2 Å². The predicted molar refractivity (Wildman–Crippen MR) is 90.5 cm³/mol. The standard InChI is InChI=1S/C16H25BN2O3/c1-15(2)16(3,4)22-17(21-15)12(10-19-5)8-11-6-7-13(20)9-14(11)18/h6-9,19-20H,10,18H2,1-5H3. The largest absolute Gasteiger partial charge is 0.508 e. The minimum Gasteiger partial charge on any atom is -0.508 e. The highest BCUT2D eigenvalue weighted by Gasteiger charge is 2.52. The molecule has 1 aromatic carbocycles. The lowest BCUT2D eigenvalue weighted by molar-refractivity contribution is 0.00578. The fraction of sp³-hybridized carbons (Fsp3) is 0.500. The number of phenols is 1. The van der Waals surface area contributed by atoms with Crippen LogP contribution in [0.3, 0.4) is 0 Å². The molecule has 0 atom stereocenters. The summed E-state index contributed by atoms with van der Waals surface area (Å²) in [6, 6.07) is 4.93. The van der Waals surface area contributed by atoms with Crippen molar-refractivity contribution in [3.63, 3.8) is 0 Å². The summed E-state index contributed by atoms with van der Waals surface area (Å²) in [7, 11) is 1.45. The van der Waals surface area contributed by atoms with Gasteiger partial charge in [-0.25, -0.2) is 0 Å². The molecule has 5 nitrogen and oxygen atoms in total. The molecule has 1 aliphatic rings. The second-order valence-electron chi connectivity index (χ2n) is 6.65. The molecule has 1 aliphatic heterocycles. The van der Waals surface area contributed by atoms with Crippen LogP contribution in [0.1, 0.15) is 33.3 Å². The van der Waals surface area contributed by atoms with Crippen molar-refractivity contribution in [2.24, 2.45) is 0 Å². The third-order valence-corrected chi connectivity index (χ3v) is 4.35. The molecule has 1 saturated heterocycles. The highest BCUT2D eigenvalue weighted by atomic mass is 16.7. The van der Waals surface area contributed by atoms with Gasteiger partial charge in [-0.05, 0) is 57.9 Å². The topological polar surface area (TPSA) is 76.7 Å². The Bertz CT molecular complexity index is 569. The molecule has 0 aliphatic carbocycles. The summed E-state index contributed by atoms with van der Waals surface area (Å²) in [6.45, 7) is 8.73. The molecule has 0 bridgehead atoms. The molecule has 1 fully saturated rings. The van der Waals surface area contributed by atoms with E-state index in [1.165, 1.54) is 6.07 Å². The molecule has 0 aromatic heterocycles. The third kappa shape index (κ3) is 3.29. The second-order valence-corrected chi connectivity index (χ2v) is 6.65. The zero-order valence-corrected chi connectivity index (χ0v) is 13.9. The number of anilines is 1. The van der Waals surface area contributed by atoms with Gasteiger partial charge in [0.15, 0.2) is 0 Å². The van der Waals surface area contributed by atoms with Gasteiger partial charge in [0.1, 0.15) is 5.75 Å². The number of benzene rings is 1. The first-order valence-corrected chi connectivity index (χ1v) is 7.45. The number of rotatable bonds is 4. The maximum Gasteiger partial charge on any atom is 0.491 e. The van der Waals surface area contributed by atoms with Gasteiger partial charge >= 0.3 is 7.12 Å². The summed E-state index contributed by atoms with van der Waals surface area (Å²) in [5.74, 6) is 0.153. The molecule has 1 aromatic rings. The first kappa shape index (κ1) is 16.9. The van der Waals surface area contributed by atoms with E-state index in [1.54, 1.807) is 12.1 Å². The highest BCUT2D eigenvalue weighted by Crippen LogP contribution is 2.39. The Hall–Kier alpha value is -1.50. The summed E-state index contributed by atoms with van der Waals surface area (Å²) in [5, 5.41) is 12.6. The molecular weight excluding hydrogens is 279 g/mol. The van der Waals surface area contributed by atoms with Gasteiger partial charge < -0.3 is 25.5 Å². The van der Waals surface area contributed by atoms with E-state index in [0.29, 0.717) is 12.2 Å². The zero-order valence-electron chi connectivity index (χ0n) is 13.9. The fourth-order valence-electron chi connectivity index (χ4n) is 2.29. The Labute approximate surface area is 132 Å². The molecule has 1 heterocycles. The van der Waals surface area contributed by atoms with Crippen LogP contribution < -0.4 is 11.1 Å². The van der Waals surface area contributed by atoms with Crippen LogP contribution in [0.4, 0.5) is 5.69 Å². The number of phenolic OH excluding ortho intramolecular Hbond substituents is 1. The van der Waals surface area contributed by atoms with E-state index in [9.17, 15) is 5.11 Å². The molecule has 120 valence electrons. The van der Waals surface area contributed by atoms with Crippen LogP contribution in [0.15, 0.2) is 23.7 Å². The summed E-state index contributed by atoms with van der Waals surface area (Å²) in [6.07, 6.45) is 1.95. The van der Waals surface area contributed by atoms with Crippen molar-refractivity contribution in [2.45, 2.75) is 38.9 Å². The lowest BCUT2D eigenvalue weighted by atomic mass is 9.77. The number of aromatic hydroxyl groups is 1. The van der Waals surface area contributed by atoms with E-state index < -0.39 is 7.12 Å². The summed E-state index contributed by atoms with van der Waals surface area (Å²) >= 11 is 0. The molecular formula is C16H25BN2O3. The van der Waals surface area contributed by atoms with Gasteiger partial charge in [0.2, 0.25) is 0 Å².